The van der Waals surface area contributed by atoms with Crippen molar-refractivity contribution >= 4 is 11.6 Å². The number of aromatic nitrogens is 3. The highest BCUT2D eigenvalue weighted by molar-refractivity contribution is 5.85. The number of hydrogen-bond donors (Lipinski definition) is 2. The zero-order valence-corrected chi connectivity index (χ0v) is 17.3. The molecular formula is C22H26F2N6O2. The van der Waals surface area contributed by atoms with Crippen molar-refractivity contribution in [3.05, 3.63) is 65.1 Å². The fourth-order valence-electron chi connectivity index (χ4n) is 2.79. The van der Waals surface area contributed by atoms with E-state index in [2.05, 4.69) is 20.8 Å². The Morgan fingerprint density at radius 2 is 1.94 bits per heavy atom. The zero-order valence-electron chi connectivity index (χ0n) is 17.3. The number of benzene rings is 1. The van der Waals surface area contributed by atoms with Gasteiger partial charge in [-0.2, -0.15) is 5.26 Å². The van der Waals surface area contributed by atoms with Gasteiger partial charge >= 0.3 is 0 Å². The fraction of sp³-hybridized carbons (Fsp3) is 0.364. The Hall–Kier alpha value is -3.42. The second-order valence-electron chi connectivity index (χ2n) is 7.43. The molecule has 1 atom stereocenters. The summed E-state index contributed by atoms with van der Waals surface area (Å²) in [5, 5.41) is 23.1. The van der Waals surface area contributed by atoms with Gasteiger partial charge in [-0.3, -0.25) is 9.20 Å². The number of carbonyl (C=O) groups is 1. The second-order valence-corrected chi connectivity index (χ2v) is 7.43. The van der Waals surface area contributed by atoms with Crippen molar-refractivity contribution in [2.24, 2.45) is 0 Å². The standard InChI is InChI=1S/C21H22F2N6O2.CH4/c1-21(2,25-3)20(30)26-17(12-31-11-14-15(22)5-4-6-16(14)23)19-28-27-18-8-7-13(9-24)10-29(18)19;/h4-8,10,17,25H,11-12H2,1-3H3,(H,26,30);1H4/t17-;/m1./s1. The van der Waals surface area contributed by atoms with Crippen molar-refractivity contribution < 1.29 is 18.3 Å². The fourth-order valence-corrected chi connectivity index (χ4v) is 2.79. The third-order valence-corrected chi connectivity index (χ3v) is 4.96. The Kier molecular flexibility index (Phi) is 7.97. The molecule has 2 aromatic heterocycles. The molecule has 0 aliphatic carbocycles. The summed E-state index contributed by atoms with van der Waals surface area (Å²) in [7, 11) is 1.65. The van der Waals surface area contributed by atoms with Crippen LogP contribution >= 0.6 is 0 Å². The van der Waals surface area contributed by atoms with Gasteiger partial charge in [-0.1, -0.05) is 13.5 Å². The molecule has 170 valence electrons. The Labute approximate surface area is 185 Å². The number of nitriles is 1. The number of hydrogen-bond acceptors (Lipinski definition) is 6. The van der Waals surface area contributed by atoms with Crippen LogP contribution in [0.5, 0.6) is 0 Å². The lowest BCUT2D eigenvalue weighted by Gasteiger charge is -2.26. The second kappa shape index (κ2) is 10.3. The van der Waals surface area contributed by atoms with E-state index in [-0.39, 0.29) is 32.1 Å². The molecular weight excluding hydrogens is 418 g/mol. The molecule has 0 aliphatic heterocycles. The number of likely N-dealkylation sites (N-methyl/N-ethyl adjacent to an activating group) is 1. The highest BCUT2D eigenvalue weighted by Gasteiger charge is 2.30. The number of rotatable bonds is 8. The predicted molar refractivity (Wildman–Crippen MR) is 114 cm³/mol. The van der Waals surface area contributed by atoms with Gasteiger partial charge in [0.05, 0.1) is 24.3 Å². The summed E-state index contributed by atoms with van der Waals surface area (Å²) in [6.45, 7) is 2.94. The molecule has 0 spiro atoms. The van der Waals surface area contributed by atoms with Crippen molar-refractivity contribution in [2.75, 3.05) is 13.7 Å². The molecule has 0 unspecified atom stereocenters. The minimum absolute atomic E-state index is 0. The highest BCUT2D eigenvalue weighted by atomic mass is 19.1. The number of ether oxygens (including phenoxy) is 1. The van der Waals surface area contributed by atoms with Crippen LogP contribution in [0.15, 0.2) is 36.5 Å². The van der Waals surface area contributed by atoms with E-state index in [0.29, 0.717) is 17.0 Å². The molecule has 0 saturated carbocycles. The first-order chi connectivity index (χ1) is 14.8. The van der Waals surface area contributed by atoms with Crippen molar-refractivity contribution in [1.29, 1.82) is 5.26 Å². The third-order valence-electron chi connectivity index (χ3n) is 4.96. The van der Waals surface area contributed by atoms with Gasteiger partial charge in [-0.25, -0.2) is 8.78 Å². The summed E-state index contributed by atoms with van der Waals surface area (Å²) in [5.41, 5.74) is -0.250. The van der Waals surface area contributed by atoms with Gasteiger partial charge in [0.1, 0.15) is 23.7 Å². The first-order valence-corrected chi connectivity index (χ1v) is 9.52. The Bertz CT molecular complexity index is 1120. The summed E-state index contributed by atoms with van der Waals surface area (Å²) in [4.78, 5) is 12.7. The van der Waals surface area contributed by atoms with Crippen LogP contribution in [-0.2, 0) is 16.1 Å². The van der Waals surface area contributed by atoms with E-state index >= 15 is 0 Å². The van der Waals surface area contributed by atoms with Gasteiger partial charge in [0.2, 0.25) is 5.91 Å². The number of nitrogens with one attached hydrogen (secondary N) is 2. The molecule has 2 heterocycles. The first-order valence-electron chi connectivity index (χ1n) is 9.52. The molecule has 32 heavy (non-hydrogen) atoms. The molecule has 0 radical (unpaired) electrons. The minimum atomic E-state index is -0.895. The average molecular weight is 444 g/mol. The molecule has 0 fully saturated rings. The van der Waals surface area contributed by atoms with E-state index < -0.39 is 23.2 Å². The SMILES string of the molecule is C.CNC(C)(C)C(=O)N[C@H](COCc1c(F)cccc1F)c1nnc2ccc(C#N)cn12. The van der Waals surface area contributed by atoms with Crippen molar-refractivity contribution in [3.8, 4) is 6.07 Å². The van der Waals surface area contributed by atoms with Crippen molar-refractivity contribution in [1.82, 2.24) is 25.2 Å². The van der Waals surface area contributed by atoms with Crippen LogP contribution in [0.1, 0.15) is 44.3 Å². The summed E-state index contributed by atoms with van der Waals surface area (Å²) >= 11 is 0. The van der Waals surface area contributed by atoms with Gasteiger partial charge < -0.3 is 15.4 Å². The first kappa shape index (κ1) is 24.8. The van der Waals surface area contributed by atoms with Gasteiger partial charge in [-0.15, -0.1) is 10.2 Å². The molecule has 8 nitrogen and oxygen atoms in total. The predicted octanol–water partition coefficient (Wildman–Crippen LogP) is 2.89. The number of carbonyl (C=O) groups excluding carboxylic acids is 1. The highest BCUT2D eigenvalue weighted by Crippen LogP contribution is 2.18. The van der Waals surface area contributed by atoms with Crippen LogP contribution in [0.3, 0.4) is 0 Å². The number of amides is 1. The smallest absolute Gasteiger partial charge is 0.240 e. The quantitative estimate of drug-likeness (QED) is 0.554. The molecule has 0 bridgehead atoms. The zero-order chi connectivity index (χ0) is 22.6. The van der Waals surface area contributed by atoms with Crippen LogP contribution < -0.4 is 10.6 Å². The maximum absolute atomic E-state index is 13.9. The van der Waals surface area contributed by atoms with Crippen LogP contribution in [0.2, 0.25) is 0 Å². The third kappa shape index (κ3) is 5.25. The van der Waals surface area contributed by atoms with Gasteiger partial charge in [0.15, 0.2) is 11.5 Å². The number of halogens is 2. The largest absolute Gasteiger partial charge is 0.374 e. The molecule has 3 aromatic rings. The number of pyridine rings is 1. The number of nitrogens with zero attached hydrogens (tertiary/aromatic N) is 4. The van der Waals surface area contributed by atoms with E-state index in [4.69, 9.17) is 4.74 Å². The average Bonchev–Trinajstić information content (AvgIpc) is 3.17. The van der Waals surface area contributed by atoms with Crippen molar-refractivity contribution in [3.63, 3.8) is 0 Å². The van der Waals surface area contributed by atoms with Gasteiger partial charge in [0, 0.05) is 11.8 Å². The molecule has 3 rings (SSSR count). The topological polar surface area (TPSA) is 104 Å². The van der Waals surface area contributed by atoms with Crippen LogP contribution in [0, 0.1) is 23.0 Å². The van der Waals surface area contributed by atoms with E-state index in [1.165, 1.54) is 6.07 Å². The maximum Gasteiger partial charge on any atom is 0.240 e. The van der Waals surface area contributed by atoms with E-state index in [0.717, 1.165) is 12.1 Å². The summed E-state index contributed by atoms with van der Waals surface area (Å²) in [6.07, 6.45) is 1.55. The summed E-state index contributed by atoms with van der Waals surface area (Å²) < 4.78 is 34.9. The van der Waals surface area contributed by atoms with E-state index in [1.807, 2.05) is 6.07 Å². The lowest BCUT2D eigenvalue weighted by atomic mass is 10.0. The van der Waals surface area contributed by atoms with Crippen LogP contribution in [0.4, 0.5) is 8.78 Å². The van der Waals surface area contributed by atoms with Crippen LogP contribution in [0.25, 0.3) is 5.65 Å². The van der Waals surface area contributed by atoms with Gasteiger partial charge in [0.25, 0.3) is 0 Å². The lowest BCUT2D eigenvalue weighted by molar-refractivity contribution is -0.127. The maximum atomic E-state index is 13.9. The Morgan fingerprint density at radius 3 is 2.56 bits per heavy atom. The lowest BCUT2D eigenvalue weighted by Crippen LogP contribution is -2.52. The minimum Gasteiger partial charge on any atom is -0.374 e. The monoisotopic (exact) mass is 444 g/mol. The Morgan fingerprint density at radius 1 is 1.25 bits per heavy atom. The molecule has 10 heteroatoms. The normalized spacial score (nSPS) is 12.1. The van der Waals surface area contributed by atoms with E-state index in [1.54, 1.807) is 43.6 Å². The molecule has 0 saturated heterocycles. The molecule has 0 aliphatic rings. The van der Waals surface area contributed by atoms with Crippen LogP contribution in [-0.4, -0.2) is 39.7 Å². The van der Waals surface area contributed by atoms with E-state index in [9.17, 15) is 18.8 Å². The summed E-state index contributed by atoms with van der Waals surface area (Å²) in [5.74, 6) is -1.46. The molecule has 1 amide bonds. The Balaban J connectivity index is 0.00000363. The van der Waals surface area contributed by atoms with Crippen molar-refractivity contribution in [2.45, 2.75) is 39.5 Å². The summed E-state index contributed by atoms with van der Waals surface area (Å²) in [6, 6.07) is 8.03. The molecule has 2 N–H and O–H groups in total. The van der Waals surface area contributed by atoms with Gasteiger partial charge in [-0.05, 0) is 45.2 Å². The molecule has 1 aromatic carbocycles. The number of fused-ring (bicyclic) bond motifs is 1.